The number of morpholine rings is 1. The predicted octanol–water partition coefficient (Wildman–Crippen LogP) is 1.62. The molecule has 4 aromatic rings. The number of pyridine rings is 1. The van der Waals surface area contributed by atoms with Crippen molar-refractivity contribution in [1.82, 2.24) is 14.9 Å². The van der Waals surface area contributed by atoms with E-state index in [2.05, 4.69) is 9.97 Å². The maximum Gasteiger partial charge on any atom is 0.298 e. The predicted molar refractivity (Wildman–Crippen MR) is 98.1 cm³/mol. The minimum atomic E-state index is -0.00794. The van der Waals surface area contributed by atoms with Gasteiger partial charge in [-0.2, -0.15) is 9.38 Å². The van der Waals surface area contributed by atoms with E-state index < -0.39 is 0 Å². The van der Waals surface area contributed by atoms with E-state index in [4.69, 9.17) is 14.9 Å². The Morgan fingerprint density at radius 3 is 2.85 bits per heavy atom. The Labute approximate surface area is 154 Å². The fourth-order valence-corrected chi connectivity index (χ4v) is 3.42. The summed E-state index contributed by atoms with van der Waals surface area (Å²) >= 11 is 0. The number of carbonyl (C=O) groups is 1. The summed E-state index contributed by atoms with van der Waals surface area (Å²) in [5.74, 6) is -0.00794. The Morgan fingerprint density at radius 1 is 1.19 bits per heavy atom. The normalized spacial score (nSPS) is 14.9. The highest BCUT2D eigenvalue weighted by molar-refractivity contribution is 5.91. The number of nitrogens with two attached hydrogens (primary N) is 1. The first kappa shape index (κ1) is 15.8. The number of nitrogen functional groups attached to an aromatic ring is 1. The molecule has 0 unspecified atom stereocenters. The van der Waals surface area contributed by atoms with Gasteiger partial charge in [0, 0.05) is 24.7 Å². The molecule has 3 aromatic heterocycles. The summed E-state index contributed by atoms with van der Waals surface area (Å²) in [4.78, 5) is 22.1. The van der Waals surface area contributed by atoms with Gasteiger partial charge in [-0.15, -0.1) is 0 Å². The summed E-state index contributed by atoms with van der Waals surface area (Å²) in [7, 11) is 0. The molecule has 4 heterocycles. The minimum absolute atomic E-state index is 0.00794. The molecule has 0 saturated carbocycles. The summed E-state index contributed by atoms with van der Waals surface area (Å²) in [6, 6.07) is 9.82. The van der Waals surface area contributed by atoms with Crippen LogP contribution in [-0.4, -0.2) is 47.1 Å². The monoisotopic (exact) mass is 364 g/mol. The number of ether oxygens (including phenoxy) is 1. The molecule has 1 amide bonds. The van der Waals surface area contributed by atoms with Crippen LogP contribution in [0.15, 0.2) is 47.1 Å². The van der Waals surface area contributed by atoms with Crippen molar-refractivity contribution in [3.8, 4) is 11.1 Å². The molecular formula is C19H18N5O3+. The fraction of sp³-hybridized carbons (Fsp3) is 0.211. The van der Waals surface area contributed by atoms with Crippen LogP contribution in [0, 0.1) is 0 Å². The van der Waals surface area contributed by atoms with Gasteiger partial charge in [0.25, 0.3) is 17.6 Å². The molecule has 8 heteroatoms. The first-order valence-corrected chi connectivity index (χ1v) is 8.75. The minimum Gasteiger partial charge on any atom is -0.424 e. The molecule has 1 aliphatic heterocycles. The molecule has 1 aromatic carbocycles. The molecule has 136 valence electrons. The second kappa shape index (κ2) is 6.10. The quantitative estimate of drug-likeness (QED) is 0.526. The lowest BCUT2D eigenvalue weighted by Crippen LogP contribution is -2.44. The highest BCUT2D eigenvalue weighted by Crippen LogP contribution is 2.25. The molecule has 1 aliphatic rings. The average molecular weight is 364 g/mol. The number of aromatic amines is 1. The van der Waals surface area contributed by atoms with Crippen LogP contribution in [0.4, 0.5) is 6.01 Å². The van der Waals surface area contributed by atoms with Crippen LogP contribution >= 0.6 is 0 Å². The molecule has 0 spiro atoms. The number of nitrogens with one attached hydrogen (secondary N) is 1. The molecule has 0 bridgehead atoms. The second-order valence-corrected chi connectivity index (χ2v) is 6.49. The van der Waals surface area contributed by atoms with E-state index in [1.807, 2.05) is 45.8 Å². The van der Waals surface area contributed by atoms with Crippen LogP contribution in [-0.2, 0) is 4.74 Å². The van der Waals surface area contributed by atoms with E-state index >= 15 is 0 Å². The molecule has 0 aliphatic carbocycles. The van der Waals surface area contributed by atoms with Gasteiger partial charge in [0.05, 0.1) is 13.2 Å². The molecular weight excluding hydrogens is 346 g/mol. The van der Waals surface area contributed by atoms with Crippen molar-refractivity contribution in [3.63, 3.8) is 0 Å². The Kier molecular flexibility index (Phi) is 3.58. The zero-order chi connectivity index (χ0) is 18.4. The SMILES string of the molecule is Nc1nc2cc(-c3ccc4[nH]cc(C(=O)N5CCOCC5)[n+]4c3)ccc2o1. The number of amides is 1. The molecule has 27 heavy (non-hydrogen) atoms. The highest BCUT2D eigenvalue weighted by atomic mass is 16.5. The van der Waals surface area contributed by atoms with Gasteiger partial charge < -0.3 is 19.8 Å². The topological polar surface area (TPSA) is 101 Å². The standard InChI is InChI=1S/C19H17N5O3/c20-19-22-14-9-12(1-3-16(14)27-19)13-2-4-17-21-10-15(24(17)11-13)18(25)23-5-7-26-8-6-23/h1-4,9-11H,5-8H2,(H2,20,22)/p+1. The van der Waals surface area contributed by atoms with Gasteiger partial charge in [0.2, 0.25) is 5.69 Å². The number of hydrogen-bond acceptors (Lipinski definition) is 5. The number of carbonyl (C=O) groups excluding carboxylic acids is 1. The van der Waals surface area contributed by atoms with Gasteiger partial charge in [-0.25, -0.2) is 4.98 Å². The van der Waals surface area contributed by atoms with E-state index in [0.29, 0.717) is 43.1 Å². The van der Waals surface area contributed by atoms with Gasteiger partial charge >= 0.3 is 0 Å². The summed E-state index contributed by atoms with van der Waals surface area (Å²) in [5, 5.41) is 0. The van der Waals surface area contributed by atoms with E-state index in [9.17, 15) is 4.79 Å². The number of anilines is 1. The Bertz CT molecular complexity index is 1160. The number of benzene rings is 1. The molecule has 1 saturated heterocycles. The fourth-order valence-electron chi connectivity index (χ4n) is 3.42. The Balaban J connectivity index is 1.56. The maximum absolute atomic E-state index is 12.9. The average Bonchev–Trinajstić information content (AvgIpc) is 3.29. The van der Waals surface area contributed by atoms with Crippen molar-refractivity contribution in [2.75, 3.05) is 32.0 Å². The molecule has 5 rings (SSSR count). The molecule has 0 radical (unpaired) electrons. The lowest BCUT2D eigenvalue weighted by atomic mass is 10.1. The van der Waals surface area contributed by atoms with Crippen molar-refractivity contribution in [3.05, 3.63) is 48.4 Å². The third kappa shape index (κ3) is 2.70. The van der Waals surface area contributed by atoms with E-state index in [0.717, 1.165) is 16.8 Å². The number of oxazole rings is 1. The third-order valence-corrected chi connectivity index (χ3v) is 4.82. The maximum atomic E-state index is 12.9. The van der Waals surface area contributed by atoms with Gasteiger partial charge in [-0.3, -0.25) is 4.79 Å². The van der Waals surface area contributed by atoms with Crippen LogP contribution in [0.1, 0.15) is 10.5 Å². The number of H-pyrrole nitrogens is 1. The smallest absolute Gasteiger partial charge is 0.298 e. The third-order valence-electron chi connectivity index (χ3n) is 4.82. The zero-order valence-corrected chi connectivity index (χ0v) is 14.5. The van der Waals surface area contributed by atoms with Gasteiger partial charge in [0.1, 0.15) is 17.9 Å². The summed E-state index contributed by atoms with van der Waals surface area (Å²) in [5.41, 5.74) is 10.4. The van der Waals surface area contributed by atoms with E-state index in [-0.39, 0.29) is 11.9 Å². The van der Waals surface area contributed by atoms with Gasteiger partial charge in [-0.1, -0.05) is 6.07 Å². The first-order valence-electron chi connectivity index (χ1n) is 8.75. The highest BCUT2D eigenvalue weighted by Gasteiger charge is 2.26. The zero-order valence-electron chi connectivity index (χ0n) is 14.5. The lowest BCUT2D eigenvalue weighted by Gasteiger charge is -2.25. The number of nitrogens with zero attached hydrogens (tertiary/aromatic N) is 3. The number of aromatic nitrogens is 3. The molecule has 8 nitrogen and oxygen atoms in total. The summed E-state index contributed by atoms with van der Waals surface area (Å²) in [6.45, 7) is 2.36. The first-order chi connectivity index (χ1) is 13.2. The Morgan fingerprint density at radius 2 is 2.00 bits per heavy atom. The second-order valence-electron chi connectivity index (χ2n) is 6.49. The Hall–Kier alpha value is -3.39. The summed E-state index contributed by atoms with van der Waals surface area (Å²) < 4.78 is 12.6. The van der Waals surface area contributed by atoms with Crippen molar-refractivity contribution in [1.29, 1.82) is 0 Å². The van der Waals surface area contributed by atoms with Crippen molar-refractivity contribution < 1.29 is 18.3 Å². The van der Waals surface area contributed by atoms with E-state index in [1.54, 1.807) is 6.20 Å². The number of fused-ring (bicyclic) bond motifs is 2. The summed E-state index contributed by atoms with van der Waals surface area (Å²) in [6.07, 6.45) is 3.70. The van der Waals surface area contributed by atoms with E-state index in [1.165, 1.54) is 0 Å². The largest absolute Gasteiger partial charge is 0.424 e. The molecule has 1 fully saturated rings. The van der Waals surface area contributed by atoms with Crippen molar-refractivity contribution >= 4 is 28.7 Å². The van der Waals surface area contributed by atoms with Crippen LogP contribution in [0.3, 0.4) is 0 Å². The molecule has 3 N–H and O–H groups in total. The van der Waals surface area contributed by atoms with Crippen LogP contribution in [0.5, 0.6) is 0 Å². The number of hydrogen-bond donors (Lipinski definition) is 2. The van der Waals surface area contributed by atoms with Gasteiger partial charge in [0.15, 0.2) is 5.58 Å². The van der Waals surface area contributed by atoms with Crippen molar-refractivity contribution in [2.24, 2.45) is 0 Å². The van der Waals surface area contributed by atoms with Crippen LogP contribution < -0.4 is 10.1 Å². The molecule has 0 atom stereocenters. The lowest BCUT2D eigenvalue weighted by molar-refractivity contribution is -0.512. The van der Waals surface area contributed by atoms with Crippen molar-refractivity contribution in [2.45, 2.75) is 0 Å². The number of imidazole rings is 1. The number of rotatable bonds is 2. The van der Waals surface area contributed by atoms with Crippen LogP contribution in [0.2, 0.25) is 0 Å². The van der Waals surface area contributed by atoms with Crippen LogP contribution in [0.25, 0.3) is 27.9 Å². The van der Waals surface area contributed by atoms with Gasteiger partial charge in [-0.05, 0) is 23.8 Å².